The van der Waals surface area contributed by atoms with Crippen molar-refractivity contribution in [2.24, 2.45) is 0 Å². The summed E-state index contributed by atoms with van der Waals surface area (Å²) in [7, 11) is 0. The summed E-state index contributed by atoms with van der Waals surface area (Å²) in [4.78, 5) is 11.1. The van der Waals surface area contributed by atoms with Crippen LogP contribution < -0.4 is 5.32 Å². The Kier molecular flexibility index (Phi) is 1.42. The van der Waals surface area contributed by atoms with E-state index in [1.165, 1.54) is 0 Å². The summed E-state index contributed by atoms with van der Waals surface area (Å²) >= 11 is 0. The van der Waals surface area contributed by atoms with Gasteiger partial charge in [-0.05, 0) is 6.42 Å². The maximum absolute atomic E-state index is 11.1. The lowest BCUT2D eigenvalue weighted by molar-refractivity contribution is -0.120. The number of amides is 1. The van der Waals surface area contributed by atoms with Gasteiger partial charge in [0.2, 0.25) is 0 Å². The number of carbonyl (C=O) groups excluding carboxylic acids is 1. The van der Waals surface area contributed by atoms with E-state index >= 15 is 0 Å². The largest absolute Gasteiger partial charge is 0.477 e. The van der Waals surface area contributed by atoms with Crippen LogP contribution in [0.3, 0.4) is 0 Å². The first-order valence-corrected chi connectivity index (χ1v) is 3.68. The summed E-state index contributed by atoms with van der Waals surface area (Å²) in [5.74, 6) is 0.832. The lowest BCUT2D eigenvalue weighted by Gasteiger charge is -2.21. The molecule has 0 saturated carbocycles. The average molecular weight is 151 g/mol. The Morgan fingerprint density at radius 1 is 1.55 bits per heavy atom. The minimum atomic E-state index is -0.0119. The van der Waals surface area contributed by atoms with Crippen LogP contribution in [-0.4, -0.2) is 12.6 Å². The van der Waals surface area contributed by atoms with Crippen LogP contribution in [-0.2, 0) is 9.53 Å². The van der Waals surface area contributed by atoms with Crippen LogP contribution in [0.1, 0.15) is 12.8 Å². The zero-order valence-corrected chi connectivity index (χ0v) is 6.09. The first-order chi connectivity index (χ1) is 5.38. The molecule has 2 aliphatic rings. The zero-order valence-electron chi connectivity index (χ0n) is 6.09. The molecule has 1 amide bonds. The molecule has 0 bridgehead atoms. The minimum absolute atomic E-state index is 0.0119. The second-order valence-corrected chi connectivity index (χ2v) is 2.57. The van der Waals surface area contributed by atoms with E-state index in [1.807, 2.05) is 12.2 Å². The summed E-state index contributed by atoms with van der Waals surface area (Å²) in [5.41, 5.74) is 0.697. The smallest absolute Gasteiger partial charge is 0.257 e. The predicted octanol–water partition coefficient (Wildman–Crippen LogP) is 0.694. The van der Waals surface area contributed by atoms with E-state index in [0.29, 0.717) is 12.3 Å². The highest BCUT2D eigenvalue weighted by Gasteiger charge is 2.20. The number of hydrogen-bond acceptors (Lipinski definition) is 2. The molecule has 3 nitrogen and oxygen atoms in total. The van der Waals surface area contributed by atoms with Crippen LogP contribution in [0.15, 0.2) is 23.5 Å². The van der Waals surface area contributed by atoms with E-state index in [2.05, 4.69) is 5.32 Å². The van der Waals surface area contributed by atoms with Gasteiger partial charge >= 0.3 is 0 Å². The normalized spacial score (nSPS) is 22.4. The van der Waals surface area contributed by atoms with E-state index in [9.17, 15) is 4.79 Å². The lowest BCUT2D eigenvalue weighted by Crippen LogP contribution is -2.33. The lowest BCUT2D eigenvalue weighted by atomic mass is 10.0. The second kappa shape index (κ2) is 2.42. The van der Waals surface area contributed by atoms with E-state index in [-0.39, 0.29) is 5.91 Å². The molecule has 58 valence electrons. The van der Waals surface area contributed by atoms with Crippen molar-refractivity contribution in [2.45, 2.75) is 12.8 Å². The highest BCUT2D eigenvalue weighted by molar-refractivity contribution is 5.97. The van der Waals surface area contributed by atoms with Gasteiger partial charge in [0.25, 0.3) is 5.91 Å². The fourth-order valence-corrected chi connectivity index (χ4v) is 1.28. The van der Waals surface area contributed by atoms with Gasteiger partial charge in [0.15, 0.2) is 6.73 Å². The predicted molar refractivity (Wildman–Crippen MR) is 39.5 cm³/mol. The van der Waals surface area contributed by atoms with Gasteiger partial charge in [0, 0.05) is 6.42 Å². The fourth-order valence-electron chi connectivity index (χ4n) is 1.28. The van der Waals surface area contributed by atoms with Crippen LogP contribution in [0.2, 0.25) is 0 Å². The molecule has 0 radical (unpaired) electrons. The van der Waals surface area contributed by atoms with Crippen LogP contribution in [0.25, 0.3) is 0 Å². The van der Waals surface area contributed by atoms with Crippen molar-refractivity contribution >= 4 is 5.91 Å². The van der Waals surface area contributed by atoms with Crippen LogP contribution in [0.4, 0.5) is 0 Å². The number of allylic oxidation sites excluding steroid dienone is 2. The Morgan fingerprint density at radius 3 is 3.27 bits per heavy atom. The summed E-state index contributed by atoms with van der Waals surface area (Å²) in [6.07, 6.45) is 5.66. The van der Waals surface area contributed by atoms with E-state index in [4.69, 9.17) is 4.74 Å². The molecule has 1 N–H and O–H groups in total. The van der Waals surface area contributed by atoms with Crippen molar-refractivity contribution in [3.63, 3.8) is 0 Å². The number of ether oxygens (including phenoxy) is 1. The highest BCUT2D eigenvalue weighted by atomic mass is 16.5. The molecule has 2 rings (SSSR count). The summed E-state index contributed by atoms with van der Waals surface area (Å²) in [6, 6.07) is 0. The monoisotopic (exact) mass is 151 g/mol. The van der Waals surface area contributed by atoms with Crippen LogP contribution in [0, 0.1) is 0 Å². The van der Waals surface area contributed by atoms with Gasteiger partial charge in [-0.1, -0.05) is 12.2 Å². The molecule has 1 aliphatic heterocycles. The van der Waals surface area contributed by atoms with Gasteiger partial charge in [0.1, 0.15) is 5.76 Å². The van der Waals surface area contributed by atoms with Gasteiger partial charge < -0.3 is 10.1 Å². The number of hydrogen-bond donors (Lipinski definition) is 1. The van der Waals surface area contributed by atoms with E-state index < -0.39 is 0 Å². The molecule has 0 atom stereocenters. The molecule has 1 aliphatic carbocycles. The van der Waals surface area contributed by atoms with Gasteiger partial charge in [-0.25, -0.2) is 0 Å². The SMILES string of the molecule is O=C1NCOC2=C1C=CCC2. The molecule has 0 unspecified atom stereocenters. The molecule has 0 spiro atoms. The van der Waals surface area contributed by atoms with Gasteiger partial charge in [-0.15, -0.1) is 0 Å². The zero-order chi connectivity index (χ0) is 7.68. The van der Waals surface area contributed by atoms with Crippen molar-refractivity contribution in [3.05, 3.63) is 23.5 Å². The Morgan fingerprint density at radius 2 is 2.45 bits per heavy atom. The number of rotatable bonds is 0. The number of carbonyl (C=O) groups is 1. The molecule has 0 aromatic rings. The van der Waals surface area contributed by atoms with Crippen LogP contribution >= 0.6 is 0 Å². The summed E-state index contributed by atoms with van der Waals surface area (Å²) < 4.78 is 5.25. The third-order valence-corrected chi connectivity index (χ3v) is 1.85. The summed E-state index contributed by atoms with van der Waals surface area (Å²) in [6.45, 7) is 0.325. The van der Waals surface area contributed by atoms with E-state index in [1.54, 1.807) is 0 Å². The average Bonchev–Trinajstić information content (AvgIpc) is 2.06. The molecule has 0 aromatic heterocycles. The van der Waals surface area contributed by atoms with Gasteiger partial charge in [-0.2, -0.15) is 0 Å². The third kappa shape index (κ3) is 1.02. The molecule has 0 aromatic carbocycles. The molecular weight excluding hydrogens is 142 g/mol. The maximum atomic E-state index is 11.1. The van der Waals surface area contributed by atoms with Gasteiger partial charge in [-0.3, -0.25) is 4.79 Å². The third-order valence-electron chi connectivity index (χ3n) is 1.85. The van der Waals surface area contributed by atoms with Crippen molar-refractivity contribution in [3.8, 4) is 0 Å². The molecule has 0 saturated heterocycles. The van der Waals surface area contributed by atoms with Crippen molar-refractivity contribution < 1.29 is 9.53 Å². The first kappa shape index (κ1) is 6.46. The minimum Gasteiger partial charge on any atom is -0.477 e. The molecule has 11 heavy (non-hydrogen) atoms. The van der Waals surface area contributed by atoms with Crippen molar-refractivity contribution in [1.82, 2.24) is 5.32 Å². The topological polar surface area (TPSA) is 38.3 Å². The fraction of sp³-hybridized carbons (Fsp3) is 0.375. The Bertz CT molecular complexity index is 253. The first-order valence-electron chi connectivity index (χ1n) is 3.68. The molecule has 3 heteroatoms. The Labute approximate surface area is 64.7 Å². The van der Waals surface area contributed by atoms with Crippen LogP contribution in [0.5, 0.6) is 0 Å². The summed E-state index contributed by atoms with van der Waals surface area (Å²) in [5, 5.41) is 2.61. The molecule has 1 heterocycles. The molecular formula is C8H9NO2. The van der Waals surface area contributed by atoms with Crippen molar-refractivity contribution in [2.75, 3.05) is 6.73 Å². The Balaban J connectivity index is 2.35. The highest BCUT2D eigenvalue weighted by Crippen LogP contribution is 2.21. The van der Waals surface area contributed by atoms with Gasteiger partial charge in [0.05, 0.1) is 5.57 Å². The Hall–Kier alpha value is -1.25. The quantitative estimate of drug-likeness (QED) is 0.553. The maximum Gasteiger partial charge on any atom is 0.257 e. The second-order valence-electron chi connectivity index (χ2n) is 2.57. The standard InChI is InChI=1S/C8H9NO2/c10-8-6-3-1-2-4-7(6)11-5-9-8/h1,3H,2,4-5H2,(H,9,10). The number of nitrogens with one attached hydrogen (secondary N) is 1. The van der Waals surface area contributed by atoms with E-state index in [0.717, 1.165) is 18.6 Å². The van der Waals surface area contributed by atoms with Crippen molar-refractivity contribution in [1.29, 1.82) is 0 Å². The molecule has 0 fully saturated rings.